The lowest BCUT2D eigenvalue weighted by Gasteiger charge is -2.12. The molecule has 306 valence electrons. The van der Waals surface area contributed by atoms with E-state index in [0.29, 0.717) is 25.0 Å². The maximum absolute atomic E-state index is 12.0. The van der Waals surface area contributed by atoms with Gasteiger partial charge in [-0.3, -0.25) is 9.59 Å². The molecule has 0 aromatic rings. The lowest BCUT2D eigenvalue weighted by atomic mass is 9.99. The second kappa shape index (κ2) is 36.6. The van der Waals surface area contributed by atoms with Crippen molar-refractivity contribution in [3.63, 3.8) is 0 Å². The Morgan fingerprint density at radius 1 is 0.577 bits per heavy atom. The van der Waals surface area contributed by atoms with Crippen LogP contribution in [0.15, 0.2) is 12.2 Å². The predicted octanol–water partition coefficient (Wildman–Crippen LogP) is 13.3. The van der Waals surface area contributed by atoms with Gasteiger partial charge in [-0.1, -0.05) is 193 Å². The van der Waals surface area contributed by atoms with Gasteiger partial charge in [-0.05, 0) is 44.4 Å². The smallest absolute Gasteiger partial charge is 0.305 e. The average molecular weight is 735 g/mol. The molecule has 0 aliphatic carbocycles. The molecule has 1 fully saturated rings. The molecular formula is C46H86O6. The van der Waals surface area contributed by atoms with Gasteiger partial charge in [0.1, 0.15) is 19.3 Å². The van der Waals surface area contributed by atoms with Gasteiger partial charge in [0.15, 0.2) is 0 Å². The number of aliphatic hydroxyl groups is 1. The van der Waals surface area contributed by atoms with E-state index in [9.17, 15) is 14.7 Å². The monoisotopic (exact) mass is 735 g/mol. The molecule has 1 aliphatic heterocycles. The molecule has 52 heavy (non-hydrogen) atoms. The Hall–Kier alpha value is -1.40. The van der Waals surface area contributed by atoms with Crippen molar-refractivity contribution in [3.8, 4) is 0 Å². The minimum absolute atomic E-state index is 0.119. The lowest BCUT2D eigenvalue weighted by Crippen LogP contribution is -2.25. The van der Waals surface area contributed by atoms with E-state index in [0.717, 1.165) is 57.3 Å². The van der Waals surface area contributed by atoms with Crippen LogP contribution in [0.1, 0.15) is 233 Å². The molecule has 6 heteroatoms. The van der Waals surface area contributed by atoms with Gasteiger partial charge in [0, 0.05) is 12.8 Å². The van der Waals surface area contributed by atoms with E-state index >= 15 is 0 Å². The SMILES string of the molecule is CCCCCC1OC1C/C=C\CCCCCCCC(=O)OC[C@H](O)COC(=O)CCCCCCCCCCCCCCCCCCCCC(C)CC. The summed E-state index contributed by atoms with van der Waals surface area (Å²) in [6, 6.07) is 0. The maximum atomic E-state index is 12.0. The standard InChI is InChI=1S/C46H86O6/c1-4-6-29-35-43-44(52-43)36-31-26-22-19-20-24-28-33-38-46(49)51-40-42(47)39-50-45(48)37-32-27-23-18-16-14-12-10-8-7-9-11-13-15-17-21-25-30-34-41(3)5-2/h26,31,41-44,47H,4-25,27-30,32-40H2,1-3H3/b31-26-/t41?,42-,43?,44?/m1/s1. The molecule has 0 bridgehead atoms. The first-order valence-electron chi connectivity index (χ1n) is 22.8. The van der Waals surface area contributed by atoms with Gasteiger partial charge in [0.25, 0.3) is 0 Å². The van der Waals surface area contributed by atoms with Crippen molar-refractivity contribution < 1.29 is 28.9 Å². The zero-order chi connectivity index (χ0) is 37.7. The van der Waals surface area contributed by atoms with Crippen LogP contribution >= 0.6 is 0 Å². The second-order valence-electron chi connectivity index (χ2n) is 16.2. The van der Waals surface area contributed by atoms with Gasteiger partial charge >= 0.3 is 11.9 Å². The van der Waals surface area contributed by atoms with E-state index in [1.54, 1.807) is 0 Å². The van der Waals surface area contributed by atoms with Gasteiger partial charge < -0.3 is 19.3 Å². The van der Waals surface area contributed by atoms with Crippen LogP contribution in [0.2, 0.25) is 0 Å². The fourth-order valence-corrected chi connectivity index (χ4v) is 7.01. The number of unbranched alkanes of at least 4 members (excludes halogenated alkanes) is 24. The number of rotatable bonds is 40. The van der Waals surface area contributed by atoms with Gasteiger partial charge in [-0.2, -0.15) is 0 Å². The number of esters is 2. The van der Waals surface area contributed by atoms with Crippen LogP contribution in [0.5, 0.6) is 0 Å². The minimum Gasteiger partial charge on any atom is -0.463 e. The molecule has 0 aromatic carbocycles. The van der Waals surface area contributed by atoms with Crippen molar-refractivity contribution in [1.29, 1.82) is 0 Å². The van der Waals surface area contributed by atoms with Crippen molar-refractivity contribution in [3.05, 3.63) is 12.2 Å². The van der Waals surface area contributed by atoms with Crippen LogP contribution in [0.25, 0.3) is 0 Å². The number of hydrogen-bond donors (Lipinski definition) is 1. The highest BCUT2D eigenvalue weighted by Crippen LogP contribution is 2.30. The number of hydrogen-bond acceptors (Lipinski definition) is 6. The summed E-state index contributed by atoms with van der Waals surface area (Å²) in [5.74, 6) is 0.339. The number of epoxide rings is 1. The molecule has 1 heterocycles. The summed E-state index contributed by atoms with van der Waals surface area (Å²) in [5, 5.41) is 10.1. The lowest BCUT2D eigenvalue weighted by molar-refractivity contribution is -0.152. The molecule has 0 spiro atoms. The summed E-state index contributed by atoms with van der Waals surface area (Å²) in [4.78, 5) is 24.0. The molecule has 1 N–H and O–H groups in total. The molecule has 3 unspecified atom stereocenters. The molecule has 0 aromatic heterocycles. The summed E-state index contributed by atoms with van der Waals surface area (Å²) in [6.07, 6.45) is 44.5. The van der Waals surface area contributed by atoms with E-state index < -0.39 is 6.10 Å². The Bertz CT molecular complexity index is 828. The first-order valence-corrected chi connectivity index (χ1v) is 22.8. The van der Waals surface area contributed by atoms with Crippen LogP contribution < -0.4 is 0 Å². The van der Waals surface area contributed by atoms with Crippen LogP contribution in [0.3, 0.4) is 0 Å². The third-order valence-corrected chi connectivity index (χ3v) is 11.0. The number of ether oxygens (including phenoxy) is 3. The van der Waals surface area contributed by atoms with E-state index in [1.165, 1.54) is 148 Å². The molecule has 6 nitrogen and oxygen atoms in total. The molecule has 4 atom stereocenters. The topological polar surface area (TPSA) is 85.4 Å². The van der Waals surface area contributed by atoms with Crippen molar-refractivity contribution in [2.24, 2.45) is 5.92 Å². The summed E-state index contributed by atoms with van der Waals surface area (Å²) in [5.41, 5.74) is 0. The fourth-order valence-electron chi connectivity index (χ4n) is 7.01. The Morgan fingerprint density at radius 2 is 1.02 bits per heavy atom. The molecule has 0 amide bonds. The van der Waals surface area contributed by atoms with E-state index in [2.05, 4.69) is 32.9 Å². The van der Waals surface area contributed by atoms with Crippen molar-refractivity contribution in [2.45, 2.75) is 251 Å². The molecule has 1 aliphatic rings. The maximum Gasteiger partial charge on any atom is 0.305 e. The predicted molar refractivity (Wildman–Crippen MR) is 219 cm³/mol. The first kappa shape index (κ1) is 48.6. The third kappa shape index (κ3) is 33.2. The highest BCUT2D eigenvalue weighted by molar-refractivity contribution is 5.69. The van der Waals surface area contributed by atoms with Crippen LogP contribution in [-0.4, -0.2) is 48.6 Å². The van der Waals surface area contributed by atoms with Crippen LogP contribution in [0, 0.1) is 5.92 Å². The molecule has 1 rings (SSSR count). The van der Waals surface area contributed by atoms with Crippen molar-refractivity contribution in [1.82, 2.24) is 0 Å². The normalized spacial score (nSPS) is 16.7. The zero-order valence-corrected chi connectivity index (χ0v) is 34.7. The summed E-state index contributed by atoms with van der Waals surface area (Å²) < 4.78 is 16.1. The Morgan fingerprint density at radius 3 is 1.48 bits per heavy atom. The second-order valence-corrected chi connectivity index (χ2v) is 16.2. The number of aliphatic hydroxyl groups excluding tert-OH is 1. The molecule has 0 radical (unpaired) electrons. The highest BCUT2D eigenvalue weighted by Gasteiger charge is 2.36. The van der Waals surface area contributed by atoms with E-state index in [-0.39, 0.29) is 25.2 Å². The van der Waals surface area contributed by atoms with E-state index in [4.69, 9.17) is 14.2 Å². The largest absolute Gasteiger partial charge is 0.463 e. The third-order valence-electron chi connectivity index (χ3n) is 11.0. The number of carbonyl (C=O) groups excluding carboxylic acids is 2. The summed E-state index contributed by atoms with van der Waals surface area (Å²) in [6.45, 7) is 6.68. The Kier molecular flexibility index (Phi) is 34.2. The Labute approximate surface area is 322 Å². The minimum atomic E-state index is -0.969. The van der Waals surface area contributed by atoms with Gasteiger partial charge in [0.2, 0.25) is 0 Å². The van der Waals surface area contributed by atoms with Gasteiger partial charge in [0.05, 0.1) is 12.2 Å². The highest BCUT2D eigenvalue weighted by atomic mass is 16.6. The molecular weight excluding hydrogens is 648 g/mol. The number of carbonyl (C=O) groups is 2. The Balaban J connectivity index is 1.77. The van der Waals surface area contributed by atoms with E-state index in [1.807, 2.05) is 0 Å². The molecule has 1 saturated heterocycles. The quantitative estimate of drug-likeness (QED) is 0.0292. The van der Waals surface area contributed by atoms with Crippen LogP contribution in [0.4, 0.5) is 0 Å². The van der Waals surface area contributed by atoms with Crippen LogP contribution in [-0.2, 0) is 23.8 Å². The number of allylic oxidation sites excluding steroid dienone is 1. The van der Waals surface area contributed by atoms with Crippen molar-refractivity contribution >= 4 is 11.9 Å². The summed E-state index contributed by atoms with van der Waals surface area (Å²) in [7, 11) is 0. The van der Waals surface area contributed by atoms with Gasteiger partial charge in [-0.15, -0.1) is 0 Å². The first-order chi connectivity index (χ1) is 25.5. The fraction of sp³-hybridized carbons (Fsp3) is 0.913. The van der Waals surface area contributed by atoms with Crippen molar-refractivity contribution in [2.75, 3.05) is 13.2 Å². The molecule has 0 saturated carbocycles. The summed E-state index contributed by atoms with van der Waals surface area (Å²) >= 11 is 0. The average Bonchev–Trinajstić information content (AvgIpc) is 3.90. The van der Waals surface area contributed by atoms with Gasteiger partial charge in [-0.25, -0.2) is 0 Å². The zero-order valence-electron chi connectivity index (χ0n) is 34.7.